The molecule has 1 aromatic rings. The van der Waals surface area contributed by atoms with Gasteiger partial charge in [0.05, 0.1) is 0 Å². The summed E-state index contributed by atoms with van der Waals surface area (Å²) in [5, 5.41) is 11.4. The van der Waals surface area contributed by atoms with Crippen LogP contribution >= 0.6 is 0 Å². The van der Waals surface area contributed by atoms with Crippen LogP contribution < -0.4 is 10.1 Å². The van der Waals surface area contributed by atoms with E-state index >= 15 is 0 Å². The van der Waals surface area contributed by atoms with Crippen LogP contribution in [0.4, 0.5) is 4.39 Å². The zero-order valence-electron chi connectivity index (χ0n) is 11.6. The highest BCUT2D eigenvalue weighted by Crippen LogP contribution is 2.17. The van der Waals surface area contributed by atoms with Gasteiger partial charge in [-0.1, -0.05) is 26.0 Å². The number of carbonyl (C=O) groups excluding carboxylic acids is 1. The predicted octanol–water partition coefficient (Wildman–Crippen LogP) is 1.82. The second kappa shape index (κ2) is 6.88. The molecule has 1 rings (SSSR count). The lowest BCUT2D eigenvalue weighted by atomic mass is 10.0. The topological polar surface area (TPSA) is 75.6 Å². The van der Waals surface area contributed by atoms with E-state index in [0.29, 0.717) is 0 Å². The Bertz CT molecular complexity index is 490. The molecular formula is C14H18FNO4. The minimum atomic E-state index is -1.12. The van der Waals surface area contributed by atoms with Gasteiger partial charge in [0.25, 0.3) is 5.91 Å². The number of hydrogen-bond donors (Lipinski definition) is 2. The molecule has 0 aliphatic rings. The van der Waals surface area contributed by atoms with Crippen molar-refractivity contribution in [3.8, 4) is 5.75 Å². The average Bonchev–Trinajstić information content (AvgIpc) is 2.37. The van der Waals surface area contributed by atoms with E-state index in [9.17, 15) is 14.0 Å². The molecule has 6 heteroatoms. The Balaban J connectivity index is 2.68. The van der Waals surface area contributed by atoms with Crippen LogP contribution in [0.2, 0.25) is 0 Å². The van der Waals surface area contributed by atoms with Crippen molar-refractivity contribution in [2.24, 2.45) is 5.92 Å². The maximum absolute atomic E-state index is 13.4. The number of carboxylic acid groups (broad SMARTS) is 1. The van der Waals surface area contributed by atoms with E-state index in [-0.39, 0.29) is 11.7 Å². The van der Waals surface area contributed by atoms with Crippen molar-refractivity contribution >= 4 is 11.9 Å². The molecule has 1 aromatic carbocycles. The number of aliphatic carboxylic acids is 1. The van der Waals surface area contributed by atoms with Gasteiger partial charge in [0.15, 0.2) is 17.7 Å². The van der Waals surface area contributed by atoms with E-state index in [2.05, 4.69) is 5.32 Å². The van der Waals surface area contributed by atoms with Crippen LogP contribution in [0.3, 0.4) is 0 Å². The average molecular weight is 283 g/mol. The second-order valence-electron chi connectivity index (χ2n) is 4.76. The number of carbonyl (C=O) groups is 2. The van der Waals surface area contributed by atoms with Crippen LogP contribution in [0, 0.1) is 11.7 Å². The summed E-state index contributed by atoms with van der Waals surface area (Å²) in [6.07, 6.45) is -0.993. The van der Waals surface area contributed by atoms with Crippen molar-refractivity contribution in [3.63, 3.8) is 0 Å². The number of para-hydroxylation sites is 1. The highest BCUT2D eigenvalue weighted by molar-refractivity contribution is 5.86. The predicted molar refractivity (Wildman–Crippen MR) is 70.9 cm³/mol. The minimum Gasteiger partial charge on any atom is -0.480 e. The Morgan fingerprint density at radius 1 is 1.25 bits per heavy atom. The number of nitrogens with one attached hydrogen (secondary N) is 1. The quantitative estimate of drug-likeness (QED) is 0.835. The van der Waals surface area contributed by atoms with Crippen LogP contribution in [-0.4, -0.2) is 29.1 Å². The first-order valence-electron chi connectivity index (χ1n) is 6.27. The molecule has 0 saturated heterocycles. The lowest BCUT2D eigenvalue weighted by molar-refractivity contribution is -0.144. The van der Waals surface area contributed by atoms with E-state index in [4.69, 9.17) is 9.84 Å². The molecule has 0 bridgehead atoms. The number of ether oxygens (including phenoxy) is 1. The largest absolute Gasteiger partial charge is 0.480 e. The lowest BCUT2D eigenvalue weighted by Crippen LogP contribution is -2.48. The van der Waals surface area contributed by atoms with Crippen LogP contribution in [-0.2, 0) is 9.59 Å². The van der Waals surface area contributed by atoms with Crippen LogP contribution in [0.5, 0.6) is 5.75 Å². The maximum atomic E-state index is 13.4. The summed E-state index contributed by atoms with van der Waals surface area (Å²) in [6.45, 7) is 4.80. The molecule has 0 saturated carbocycles. The zero-order chi connectivity index (χ0) is 15.3. The molecule has 0 aliphatic carbocycles. The molecule has 0 aromatic heterocycles. The molecular weight excluding hydrogens is 265 g/mol. The molecule has 110 valence electrons. The van der Waals surface area contributed by atoms with E-state index in [0.717, 1.165) is 0 Å². The van der Waals surface area contributed by atoms with E-state index in [1.165, 1.54) is 25.1 Å². The number of carboxylic acids is 1. The van der Waals surface area contributed by atoms with Crippen LogP contribution in [0.1, 0.15) is 20.8 Å². The number of halogens is 1. The molecule has 0 aliphatic heterocycles. The highest BCUT2D eigenvalue weighted by Gasteiger charge is 2.26. The molecule has 2 N–H and O–H groups in total. The summed E-state index contributed by atoms with van der Waals surface area (Å²) < 4.78 is 18.6. The van der Waals surface area contributed by atoms with Crippen molar-refractivity contribution in [3.05, 3.63) is 30.1 Å². The molecule has 5 nitrogen and oxygen atoms in total. The molecule has 0 heterocycles. The lowest BCUT2D eigenvalue weighted by Gasteiger charge is -2.21. The smallest absolute Gasteiger partial charge is 0.326 e. The molecule has 1 unspecified atom stereocenters. The van der Waals surface area contributed by atoms with E-state index < -0.39 is 29.8 Å². The van der Waals surface area contributed by atoms with Crippen molar-refractivity contribution in [1.82, 2.24) is 5.32 Å². The van der Waals surface area contributed by atoms with E-state index in [1.807, 2.05) is 0 Å². The standard InChI is InChI=1S/C14H18FNO4/c1-8(2)12(14(18)19)16-13(17)9(3)20-11-7-5-4-6-10(11)15/h4-9,12H,1-3H3,(H,16,17)(H,18,19)/t9?,12-/m1/s1. The first kappa shape index (κ1) is 15.9. The summed E-state index contributed by atoms with van der Waals surface area (Å²) >= 11 is 0. The fraction of sp³-hybridized carbons (Fsp3) is 0.429. The number of benzene rings is 1. The van der Waals surface area contributed by atoms with Crippen molar-refractivity contribution in [1.29, 1.82) is 0 Å². The summed E-state index contributed by atoms with van der Waals surface area (Å²) in [5.74, 6) is -2.62. The zero-order valence-corrected chi connectivity index (χ0v) is 11.6. The maximum Gasteiger partial charge on any atom is 0.326 e. The fourth-order valence-electron chi connectivity index (χ4n) is 1.57. The van der Waals surface area contributed by atoms with E-state index in [1.54, 1.807) is 19.9 Å². The molecule has 0 spiro atoms. The third-order valence-electron chi connectivity index (χ3n) is 2.74. The van der Waals surface area contributed by atoms with Crippen LogP contribution in [0.15, 0.2) is 24.3 Å². The highest BCUT2D eigenvalue weighted by atomic mass is 19.1. The Morgan fingerprint density at radius 3 is 2.35 bits per heavy atom. The summed E-state index contributed by atoms with van der Waals surface area (Å²) in [6, 6.07) is 4.70. The van der Waals surface area contributed by atoms with Gasteiger partial charge in [0.1, 0.15) is 6.04 Å². The monoisotopic (exact) mass is 283 g/mol. The summed E-state index contributed by atoms with van der Waals surface area (Å²) in [4.78, 5) is 22.9. The summed E-state index contributed by atoms with van der Waals surface area (Å²) in [5.41, 5.74) is 0. The Labute approximate surface area is 116 Å². The Hall–Kier alpha value is -2.11. The fourth-order valence-corrected chi connectivity index (χ4v) is 1.57. The van der Waals surface area contributed by atoms with Gasteiger partial charge in [-0.15, -0.1) is 0 Å². The second-order valence-corrected chi connectivity index (χ2v) is 4.76. The minimum absolute atomic E-state index is 0.0495. The molecule has 0 radical (unpaired) electrons. The van der Waals surface area contributed by atoms with Gasteiger partial charge in [-0.05, 0) is 25.0 Å². The van der Waals surface area contributed by atoms with Gasteiger partial charge in [-0.3, -0.25) is 4.79 Å². The van der Waals surface area contributed by atoms with Crippen LogP contribution in [0.25, 0.3) is 0 Å². The molecule has 2 atom stereocenters. The van der Waals surface area contributed by atoms with Crippen molar-refractivity contribution in [2.75, 3.05) is 0 Å². The van der Waals surface area contributed by atoms with Crippen molar-refractivity contribution in [2.45, 2.75) is 32.9 Å². The third kappa shape index (κ3) is 4.22. The molecule has 1 amide bonds. The third-order valence-corrected chi connectivity index (χ3v) is 2.74. The molecule has 0 fully saturated rings. The van der Waals surface area contributed by atoms with Gasteiger partial charge < -0.3 is 15.2 Å². The van der Waals surface area contributed by atoms with Gasteiger partial charge in [0, 0.05) is 0 Å². The Morgan fingerprint density at radius 2 is 1.85 bits per heavy atom. The normalized spacial score (nSPS) is 13.7. The van der Waals surface area contributed by atoms with Gasteiger partial charge in [-0.25, -0.2) is 9.18 Å². The number of hydrogen-bond acceptors (Lipinski definition) is 3. The van der Waals surface area contributed by atoms with Gasteiger partial charge in [-0.2, -0.15) is 0 Å². The summed E-state index contributed by atoms with van der Waals surface area (Å²) in [7, 11) is 0. The SMILES string of the molecule is CC(Oc1ccccc1F)C(=O)N[C@@H](C(=O)O)C(C)C. The van der Waals surface area contributed by atoms with Gasteiger partial charge in [0.2, 0.25) is 0 Å². The van der Waals surface area contributed by atoms with Crippen molar-refractivity contribution < 1.29 is 23.8 Å². The molecule has 20 heavy (non-hydrogen) atoms. The number of rotatable bonds is 6. The first-order chi connectivity index (χ1) is 9.32. The van der Waals surface area contributed by atoms with Gasteiger partial charge >= 0.3 is 5.97 Å². The number of amides is 1. The Kier molecular flexibility index (Phi) is 5.49. The first-order valence-corrected chi connectivity index (χ1v) is 6.27.